The predicted molar refractivity (Wildman–Crippen MR) is 99.8 cm³/mol. The molecule has 30 heavy (non-hydrogen) atoms. The SMILES string of the molecule is C[C@H](NC(=O)CCc1ncc(-c2c(F)cccc2F)o1)c1ccccc1OC(F)F. The number of alkyl halides is 2. The first-order valence-electron chi connectivity index (χ1n) is 9.07. The zero-order valence-electron chi connectivity index (χ0n) is 15.9. The van der Waals surface area contributed by atoms with Crippen molar-refractivity contribution >= 4 is 5.91 Å². The number of aryl methyl sites for hydroxylation is 1. The maximum absolute atomic E-state index is 13.8. The number of amides is 1. The average Bonchev–Trinajstić information content (AvgIpc) is 3.14. The van der Waals surface area contributed by atoms with Crippen molar-refractivity contribution in [3.63, 3.8) is 0 Å². The number of carbonyl (C=O) groups is 1. The van der Waals surface area contributed by atoms with Gasteiger partial charge in [-0.15, -0.1) is 0 Å². The Balaban J connectivity index is 1.60. The minimum atomic E-state index is -2.98. The first-order valence-corrected chi connectivity index (χ1v) is 9.07. The van der Waals surface area contributed by atoms with Crippen molar-refractivity contribution in [1.29, 1.82) is 0 Å². The van der Waals surface area contributed by atoms with Crippen LogP contribution in [0.25, 0.3) is 11.3 Å². The third-order valence-corrected chi connectivity index (χ3v) is 4.31. The number of aromatic nitrogens is 1. The van der Waals surface area contributed by atoms with Crippen LogP contribution in [0.1, 0.15) is 30.8 Å². The van der Waals surface area contributed by atoms with Crippen LogP contribution >= 0.6 is 0 Å². The fourth-order valence-electron chi connectivity index (χ4n) is 2.93. The molecule has 1 amide bonds. The van der Waals surface area contributed by atoms with Crippen LogP contribution in [0.3, 0.4) is 0 Å². The lowest BCUT2D eigenvalue weighted by Crippen LogP contribution is -2.27. The zero-order chi connectivity index (χ0) is 21.7. The maximum Gasteiger partial charge on any atom is 0.387 e. The number of halogens is 4. The topological polar surface area (TPSA) is 64.4 Å². The number of para-hydroxylation sites is 1. The summed E-state index contributed by atoms with van der Waals surface area (Å²) in [7, 11) is 0. The van der Waals surface area contributed by atoms with Crippen molar-refractivity contribution in [2.75, 3.05) is 0 Å². The van der Waals surface area contributed by atoms with E-state index in [1.165, 1.54) is 18.3 Å². The van der Waals surface area contributed by atoms with Gasteiger partial charge in [-0.05, 0) is 25.1 Å². The summed E-state index contributed by atoms with van der Waals surface area (Å²) in [6.07, 6.45) is 1.25. The Morgan fingerprint density at radius 2 is 1.83 bits per heavy atom. The molecule has 1 atom stereocenters. The third-order valence-electron chi connectivity index (χ3n) is 4.31. The van der Waals surface area contributed by atoms with Gasteiger partial charge < -0.3 is 14.5 Å². The van der Waals surface area contributed by atoms with Crippen LogP contribution < -0.4 is 10.1 Å². The van der Waals surface area contributed by atoms with Gasteiger partial charge in [0.2, 0.25) is 5.91 Å². The summed E-state index contributed by atoms with van der Waals surface area (Å²) in [5, 5.41) is 2.68. The molecule has 1 aromatic heterocycles. The first-order chi connectivity index (χ1) is 14.3. The van der Waals surface area contributed by atoms with Gasteiger partial charge in [-0.25, -0.2) is 13.8 Å². The van der Waals surface area contributed by atoms with Crippen LogP contribution in [0, 0.1) is 11.6 Å². The van der Waals surface area contributed by atoms with Crippen molar-refractivity contribution in [3.8, 4) is 17.1 Å². The van der Waals surface area contributed by atoms with Crippen molar-refractivity contribution in [3.05, 3.63) is 71.8 Å². The predicted octanol–water partition coefficient (Wildman–Crippen LogP) is 5.03. The Hall–Kier alpha value is -3.36. The fourth-order valence-corrected chi connectivity index (χ4v) is 2.93. The second kappa shape index (κ2) is 9.43. The van der Waals surface area contributed by atoms with Crippen molar-refractivity contribution in [1.82, 2.24) is 10.3 Å². The molecule has 0 saturated carbocycles. The number of carbonyl (C=O) groups excluding carboxylic acids is 1. The summed E-state index contributed by atoms with van der Waals surface area (Å²) < 4.78 is 62.6. The van der Waals surface area contributed by atoms with Gasteiger partial charge in [0.05, 0.1) is 17.8 Å². The largest absolute Gasteiger partial charge is 0.441 e. The van der Waals surface area contributed by atoms with Crippen LogP contribution in [0.15, 0.2) is 53.1 Å². The van der Waals surface area contributed by atoms with Gasteiger partial charge in [-0.2, -0.15) is 8.78 Å². The van der Waals surface area contributed by atoms with Gasteiger partial charge in [-0.1, -0.05) is 24.3 Å². The molecule has 0 fully saturated rings. The first kappa shape index (κ1) is 21.4. The number of nitrogens with one attached hydrogen (secondary N) is 1. The Labute approximate surface area is 169 Å². The molecule has 0 unspecified atom stereocenters. The highest BCUT2D eigenvalue weighted by Gasteiger charge is 2.18. The fraction of sp³-hybridized carbons (Fsp3) is 0.238. The zero-order valence-corrected chi connectivity index (χ0v) is 15.9. The highest BCUT2D eigenvalue weighted by Crippen LogP contribution is 2.28. The molecule has 0 aliphatic rings. The number of benzene rings is 2. The lowest BCUT2D eigenvalue weighted by molar-refractivity contribution is -0.121. The van der Waals surface area contributed by atoms with E-state index in [1.807, 2.05) is 0 Å². The molecule has 158 valence electrons. The Bertz CT molecular complexity index is 1000. The van der Waals surface area contributed by atoms with E-state index >= 15 is 0 Å². The molecule has 0 aliphatic carbocycles. The van der Waals surface area contributed by atoms with Gasteiger partial charge >= 0.3 is 6.61 Å². The maximum atomic E-state index is 13.8. The number of rotatable bonds is 8. The van der Waals surface area contributed by atoms with E-state index in [-0.39, 0.29) is 41.7 Å². The van der Waals surface area contributed by atoms with E-state index < -0.39 is 24.3 Å². The van der Waals surface area contributed by atoms with Crippen LogP contribution in [0.2, 0.25) is 0 Å². The third kappa shape index (κ3) is 5.16. The lowest BCUT2D eigenvalue weighted by atomic mass is 10.1. The number of hydrogen-bond donors (Lipinski definition) is 1. The van der Waals surface area contributed by atoms with E-state index in [2.05, 4.69) is 15.0 Å². The minimum absolute atomic E-state index is 0.0236. The van der Waals surface area contributed by atoms with E-state index in [1.54, 1.807) is 25.1 Å². The van der Waals surface area contributed by atoms with Crippen molar-refractivity contribution < 1.29 is 31.5 Å². The molecule has 2 aromatic carbocycles. The summed E-state index contributed by atoms with van der Waals surface area (Å²) in [5.41, 5.74) is 0.0737. The molecule has 0 radical (unpaired) electrons. The van der Waals surface area contributed by atoms with Crippen molar-refractivity contribution in [2.45, 2.75) is 32.4 Å². The smallest absolute Gasteiger partial charge is 0.387 e. The molecule has 0 aliphatic heterocycles. The highest BCUT2D eigenvalue weighted by atomic mass is 19.3. The molecule has 1 N–H and O–H groups in total. The number of nitrogens with zero attached hydrogens (tertiary/aromatic N) is 1. The number of oxazole rings is 1. The Morgan fingerprint density at radius 1 is 1.13 bits per heavy atom. The standard InChI is InChI=1S/C21H18F4N2O3/c1-12(13-5-2-3-8-16(13)30-21(24)25)27-18(28)9-10-19-26-11-17(29-19)20-14(22)6-4-7-15(20)23/h2-8,11-12,21H,9-10H2,1H3,(H,27,28)/t12-/m0/s1. The summed E-state index contributed by atoms with van der Waals surface area (Å²) in [6.45, 7) is -1.34. The van der Waals surface area contributed by atoms with Gasteiger partial charge in [-0.3, -0.25) is 4.79 Å². The van der Waals surface area contributed by atoms with E-state index in [0.29, 0.717) is 5.56 Å². The summed E-state index contributed by atoms with van der Waals surface area (Å²) in [6, 6.07) is 9.02. The molecule has 5 nitrogen and oxygen atoms in total. The van der Waals surface area contributed by atoms with Crippen LogP contribution in [-0.2, 0) is 11.2 Å². The lowest BCUT2D eigenvalue weighted by Gasteiger charge is -2.18. The van der Waals surface area contributed by atoms with Gasteiger partial charge in [0, 0.05) is 18.4 Å². The molecule has 0 spiro atoms. The summed E-state index contributed by atoms with van der Waals surface area (Å²) in [4.78, 5) is 16.2. The quantitative estimate of drug-likeness (QED) is 0.517. The highest BCUT2D eigenvalue weighted by molar-refractivity contribution is 5.76. The number of hydrogen-bond acceptors (Lipinski definition) is 4. The van der Waals surface area contributed by atoms with E-state index in [4.69, 9.17) is 4.42 Å². The molecular formula is C21H18F4N2O3. The summed E-state index contributed by atoms with van der Waals surface area (Å²) in [5.74, 6) is -1.91. The summed E-state index contributed by atoms with van der Waals surface area (Å²) >= 11 is 0. The molecule has 3 aromatic rings. The average molecular weight is 422 g/mol. The molecule has 1 heterocycles. The molecule has 3 rings (SSSR count). The second-order valence-corrected chi connectivity index (χ2v) is 6.42. The van der Waals surface area contributed by atoms with Gasteiger partial charge in [0.25, 0.3) is 0 Å². The minimum Gasteiger partial charge on any atom is -0.441 e. The Kier molecular flexibility index (Phi) is 6.71. The molecule has 0 bridgehead atoms. The van der Waals surface area contributed by atoms with Crippen LogP contribution in [-0.4, -0.2) is 17.5 Å². The monoisotopic (exact) mass is 422 g/mol. The molecular weight excluding hydrogens is 404 g/mol. The van der Waals surface area contributed by atoms with Crippen molar-refractivity contribution in [2.24, 2.45) is 0 Å². The van der Waals surface area contributed by atoms with Crippen LogP contribution in [0.5, 0.6) is 5.75 Å². The second-order valence-electron chi connectivity index (χ2n) is 6.42. The Morgan fingerprint density at radius 3 is 2.53 bits per heavy atom. The molecule has 9 heteroatoms. The van der Waals surface area contributed by atoms with E-state index in [9.17, 15) is 22.4 Å². The van der Waals surface area contributed by atoms with E-state index in [0.717, 1.165) is 12.1 Å². The normalized spacial score (nSPS) is 12.1. The van der Waals surface area contributed by atoms with Crippen LogP contribution in [0.4, 0.5) is 17.6 Å². The van der Waals surface area contributed by atoms with Gasteiger partial charge in [0.1, 0.15) is 17.4 Å². The number of ether oxygens (including phenoxy) is 1. The molecule has 0 saturated heterocycles. The van der Waals surface area contributed by atoms with Gasteiger partial charge in [0.15, 0.2) is 11.7 Å².